The minimum atomic E-state index is -3.83. The van der Waals surface area contributed by atoms with Crippen molar-refractivity contribution >= 4 is 16.1 Å². The molecule has 0 aliphatic carbocycles. The molecule has 3 aromatic carbocycles. The van der Waals surface area contributed by atoms with Crippen LogP contribution in [-0.2, 0) is 28.0 Å². The third kappa shape index (κ3) is 8.21. The number of carbonyl (C=O) groups excluding carboxylic acids is 1. The summed E-state index contributed by atoms with van der Waals surface area (Å²) in [6.45, 7) is 0.171. The zero-order chi connectivity index (χ0) is 21.9. The summed E-state index contributed by atoms with van der Waals surface area (Å²) in [5.74, 6) is 0.911. The van der Waals surface area contributed by atoms with Gasteiger partial charge in [0.2, 0.25) is 5.91 Å². The first-order valence-corrected chi connectivity index (χ1v) is 11.4. The Bertz CT molecular complexity index is 1070. The van der Waals surface area contributed by atoms with Crippen molar-refractivity contribution in [2.75, 3.05) is 13.1 Å². The molecule has 3 aromatic rings. The normalized spacial score (nSPS) is 11.1. The van der Waals surface area contributed by atoms with Gasteiger partial charge in [0.05, 0.1) is 6.54 Å². The van der Waals surface area contributed by atoms with Gasteiger partial charge in [0.15, 0.2) is 0 Å². The standard InChI is InChI=1S/C23H25N3O4S/c27-23(24-15-14-19-8-3-1-4-9-19)18-26-31(28,29)25-17-20-10-7-13-22(16-20)30-21-11-5-2-6-12-21/h1-13,16,25-26H,14-15,17-18H2,(H,24,27). The lowest BCUT2D eigenvalue weighted by Gasteiger charge is -2.10. The average molecular weight is 440 g/mol. The predicted octanol–water partition coefficient (Wildman–Crippen LogP) is 2.76. The van der Waals surface area contributed by atoms with Gasteiger partial charge < -0.3 is 10.1 Å². The summed E-state index contributed by atoms with van der Waals surface area (Å²) in [5, 5.41) is 2.70. The number of nitrogens with one attached hydrogen (secondary N) is 3. The molecular weight excluding hydrogens is 414 g/mol. The van der Waals surface area contributed by atoms with Crippen LogP contribution in [0, 0.1) is 0 Å². The highest BCUT2D eigenvalue weighted by molar-refractivity contribution is 7.87. The predicted molar refractivity (Wildman–Crippen MR) is 120 cm³/mol. The van der Waals surface area contributed by atoms with Crippen LogP contribution in [0.5, 0.6) is 11.5 Å². The van der Waals surface area contributed by atoms with Gasteiger partial charge in [-0.05, 0) is 41.8 Å². The quantitative estimate of drug-likeness (QED) is 0.428. The van der Waals surface area contributed by atoms with Gasteiger partial charge in [-0.2, -0.15) is 17.9 Å². The van der Waals surface area contributed by atoms with Crippen LogP contribution in [0.3, 0.4) is 0 Å². The fourth-order valence-electron chi connectivity index (χ4n) is 2.79. The second kappa shape index (κ2) is 11.3. The van der Waals surface area contributed by atoms with E-state index in [9.17, 15) is 13.2 Å². The molecule has 0 spiro atoms. The van der Waals surface area contributed by atoms with Gasteiger partial charge in [0, 0.05) is 13.1 Å². The van der Waals surface area contributed by atoms with E-state index in [0.717, 1.165) is 11.1 Å². The number of ether oxygens (including phenoxy) is 1. The Morgan fingerprint density at radius 1 is 0.774 bits per heavy atom. The first kappa shape index (κ1) is 22.5. The fourth-order valence-corrected chi connectivity index (χ4v) is 3.57. The molecule has 0 radical (unpaired) electrons. The topological polar surface area (TPSA) is 96.5 Å². The lowest BCUT2D eigenvalue weighted by molar-refractivity contribution is -0.119. The van der Waals surface area contributed by atoms with E-state index in [4.69, 9.17) is 4.74 Å². The summed E-state index contributed by atoms with van der Waals surface area (Å²) in [5.41, 5.74) is 1.83. The van der Waals surface area contributed by atoms with E-state index in [2.05, 4.69) is 14.8 Å². The Morgan fingerprint density at radius 2 is 1.42 bits per heavy atom. The summed E-state index contributed by atoms with van der Waals surface area (Å²) in [4.78, 5) is 11.9. The van der Waals surface area contributed by atoms with Crippen molar-refractivity contribution in [3.05, 3.63) is 96.1 Å². The van der Waals surface area contributed by atoms with Gasteiger partial charge in [-0.15, -0.1) is 0 Å². The minimum Gasteiger partial charge on any atom is -0.457 e. The fraction of sp³-hybridized carbons (Fsp3) is 0.174. The van der Waals surface area contributed by atoms with Crippen LogP contribution in [0.2, 0.25) is 0 Å². The summed E-state index contributed by atoms with van der Waals surface area (Å²) in [6.07, 6.45) is 0.680. The first-order valence-electron chi connectivity index (χ1n) is 9.87. The van der Waals surface area contributed by atoms with Gasteiger partial charge in [0.1, 0.15) is 11.5 Å². The molecule has 0 aliphatic rings. The summed E-state index contributed by atoms with van der Waals surface area (Å²) >= 11 is 0. The molecule has 3 rings (SSSR count). The van der Waals surface area contributed by atoms with Crippen LogP contribution in [0.15, 0.2) is 84.9 Å². The largest absolute Gasteiger partial charge is 0.457 e. The summed E-state index contributed by atoms with van der Waals surface area (Å²) in [7, 11) is -3.83. The van der Waals surface area contributed by atoms with Gasteiger partial charge in [-0.25, -0.2) is 0 Å². The second-order valence-electron chi connectivity index (χ2n) is 6.79. The molecule has 0 saturated carbocycles. The Hall–Kier alpha value is -3.20. The van der Waals surface area contributed by atoms with Crippen LogP contribution in [0.1, 0.15) is 11.1 Å². The number of hydrogen-bond acceptors (Lipinski definition) is 4. The highest BCUT2D eigenvalue weighted by Crippen LogP contribution is 2.21. The van der Waals surface area contributed by atoms with E-state index < -0.39 is 10.2 Å². The minimum absolute atomic E-state index is 0.0664. The van der Waals surface area contributed by atoms with E-state index in [1.807, 2.05) is 60.7 Å². The molecule has 0 aliphatic heterocycles. The smallest absolute Gasteiger partial charge is 0.277 e. The van der Waals surface area contributed by atoms with Crippen molar-refractivity contribution in [2.45, 2.75) is 13.0 Å². The first-order chi connectivity index (χ1) is 15.0. The SMILES string of the molecule is O=C(CNS(=O)(=O)NCc1cccc(Oc2ccccc2)c1)NCCc1ccccc1. The number of carbonyl (C=O) groups is 1. The van der Waals surface area contributed by atoms with E-state index in [1.165, 1.54) is 0 Å². The third-order valence-electron chi connectivity index (χ3n) is 4.35. The number of amides is 1. The molecule has 0 bridgehead atoms. The lowest BCUT2D eigenvalue weighted by Crippen LogP contribution is -2.42. The van der Waals surface area contributed by atoms with Gasteiger partial charge in [-0.1, -0.05) is 60.7 Å². The summed E-state index contributed by atoms with van der Waals surface area (Å²) < 4.78 is 34.7. The highest BCUT2D eigenvalue weighted by atomic mass is 32.2. The molecule has 0 atom stereocenters. The van der Waals surface area contributed by atoms with E-state index in [1.54, 1.807) is 24.3 Å². The Morgan fingerprint density at radius 3 is 2.16 bits per heavy atom. The second-order valence-corrected chi connectivity index (χ2v) is 8.38. The molecule has 0 heterocycles. The Balaban J connectivity index is 1.41. The number of benzene rings is 3. The Labute approximate surface area is 182 Å². The van der Waals surface area contributed by atoms with Crippen molar-refractivity contribution in [3.63, 3.8) is 0 Å². The third-order valence-corrected chi connectivity index (χ3v) is 5.39. The molecule has 1 amide bonds. The van der Waals surface area contributed by atoms with Crippen LogP contribution in [0.25, 0.3) is 0 Å². The molecular formula is C23H25N3O4S. The lowest BCUT2D eigenvalue weighted by atomic mass is 10.1. The van der Waals surface area contributed by atoms with Crippen LogP contribution in [-0.4, -0.2) is 27.4 Å². The van der Waals surface area contributed by atoms with Crippen molar-refractivity contribution < 1.29 is 17.9 Å². The molecule has 0 aromatic heterocycles. The van der Waals surface area contributed by atoms with Crippen molar-refractivity contribution in [1.29, 1.82) is 0 Å². The number of rotatable bonds is 11. The highest BCUT2D eigenvalue weighted by Gasteiger charge is 2.12. The van der Waals surface area contributed by atoms with E-state index in [-0.39, 0.29) is 19.0 Å². The maximum atomic E-state index is 12.1. The zero-order valence-electron chi connectivity index (χ0n) is 17.0. The number of hydrogen-bond donors (Lipinski definition) is 3. The summed E-state index contributed by atoms with van der Waals surface area (Å²) in [6, 6.07) is 26.2. The van der Waals surface area contributed by atoms with E-state index >= 15 is 0 Å². The van der Waals surface area contributed by atoms with Crippen LogP contribution >= 0.6 is 0 Å². The van der Waals surface area contributed by atoms with Crippen molar-refractivity contribution in [1.82, 2.24) is 14.8 Å². The van der Waals surface area contributed by atoms with E-state index in [0.29, 0.717) is 24.5 Å². The molecule has 7 nitrogen and oxygen atoms in total. The Kier molecular flexibility index (Phi) is 8.17. The maximum absolute atomic E-state index is 12.1. The van der Waals surface area contributed by atoms with Crippen molar-refractivity contribution in [3.8, 4) is 11.5 Å². The van der Waals surface area contributed by atoms with Gasteiger partial charge in [-0.3, -0.25) is 4.79 Å². The molecule has 0 saturated heterocycles. The number of para-hydroxylation sites is 1. The van der Waals surface area contributed by atoms with Gasteiger partial charge in [0.25, 0.3) is 10.2 Å². The molecule has 0 unspecified atom stereocenters. The van der Waals surface area contributed by atoms with Crippen LogP contribution < -0.4 is 19.5 Å². The molecule has 8 heteroatoms. The molecule has 162 valence electrons. The molecule has 0 fully saturated rings. The molecule has 31 heavy (non-hydrogen) atoms. The molecule has 3 N–H and O–H groups in total. The van der Waals surface area contributed by atoms with Crippen LogP contribution in [0.4, 0.5) is 0 Å². The van der Waals surface area contributed by atoms with Crippen molar-refractivity contribution in [2.24, 2.45) is 0 Å². The monoisotopic (exact) mass is 439 g/mol. The average Bonchev–Trinajstić information content (AvgIpc) is 2.78. The zero-order valence-corrected chi connectivity index (χ0v) is 17.8. The van der Waals surface area contributed by atoms with Gasteiger partial charge >= 0.3 is 0 Å². The maximum Gasteiger partial charge on any atom is 0.277 e.